The maximum absolute atomic E-state index is 12.8. The van der Waals surface area contributed by atoms with Crippen LogP contribution in [-0.4, -0.2) is 34.3 Å². The molecule has 1 aromatic carbocycles. The molecule has 2 aromatic rings. The Balaban J connectivity index is 1.41. The van der Waals surface area contributed by atoms with E-state index < -0.39 is 6.29 Å². The van der Waals surface area contributed by atoms with Gasteiger partial charge >= 0.3 is 0 Å². The van der Waals surface area contributed by atoms with E-state index in [-0.39, 0.29) is 29.8 Å². The minimum Gasteiger partial charge on any atom is -0.321 e. The molecule has 3 atom stereocenters. The number of hydrogen-bond acceptors (Lipinski definition) is 6. The van der Waals surface area contributed by atoms with Crippen LogP contribution in [0, 0.1) is 18.8 Å². The predicted octanol–water partition coefficient (Wildman–Crippen LogP) is 1.34. The van der Waals surface area contributed by atoms with Gasteiger partial charge in [0.25, 0.3) is 0 Å². The third kappa shape index (κ3) is 3.45. The molecule has 1 aromatic heterocycles. The van der Waals surface area contributed by atoms with Gasteiger partial charge in [-0.05, 0) is 38.0 Å². The number of aryl methyl sites for hydroxylation is 1. The molecule has 3 unspecified atom stereocenters. The van der Waals surface area contributed by atoms with Crippen molar-refractivity contribution in [3.05, 3.63) is 41.0 Å². The normalized spacial score (nSPS) is 26.2. The van der Waals surface area contributed by atoms with Crippen molar-refractivity contribution >= 4 is 34.9 Å². The fourth-order valence-electron chi connectivity index (χ4n) is 3.85. The van der Waals surface area contributed by atoms with Gasteiger partial charge in [-0.2, -0.15) is 5.10 Å². The first-order valence-corrected chi connectivity index (χ1v) is 10.1. The number of fused-ring (bicyclic) bond motifs is 1. The molecule has 1 saturated carbocycles. The summed E-state index contributed by atoms with van der Waals surface area (Å²) in [6.07, 6.45) is 0.959. The van der Waals surface area contributed by atoms with Gasteiger partial charge in [0.15, 0.2) is 6.29 Å². The molecule has 29 heavy (non-hydrogen) atoms. The van der Waals surface area contributed by atoms with Crippen molar-refractivity contribution in [2.24, 2.45) is 11.8 Å². The van der Waals surface area contributed by atoms with E-state index in [4.69, 9.17) is 11.6 Å². The smallest absolute Gasteiger partial charge is 0.230 e. The van der Waals surface area contributed by atoms with Gasteiger partial charge in [-0.25, -0.2) is 10.1 Å². The molecule has 0 spiro atoms. The van der Waals surface area contributed by atoms with Crippen LogP contribution < -0.4 is 26.4 Å². The van der Waals surface area contributed by atoms with E-state index in [1.165, 1.54) is 0 Å². The van der Waals surface area contributed by atoms with Crippen LogP contribution in [0.4, 0.5) is 11.5 Å². The predicted molar refractivity (Wildman–Crippen MR) is 108 cm³/mol. The summed E-state index contributed by atoms with van der Waals surface area (Å²) in [7, 11) is 0. The molecule has 0 bridgehead atoms. The van der Waals surface area contributed by atoms with Crippen molar-refractivity contribution in [1.29, 1.82) is 0 Å². The highest BCUT2D eigenvalue weighted by atomic mass is 35.5. The van der Waals surface area contributed by atoms with Crippen LogP contribution >= 0.6 is 11.6 Å². The van der Waals surface area contributed by atoms with Crippen LogP contribution in [0.15, 0.2) is 30.3 Å². The van der Waals surface area contributed by atoms with Crippen molar-refractivity contribution in [1.82, 2.24) is 25.8 Å². The van der Waals surface area contributed by atoms with E-state index in [9.17, 15) is 9.59 Å². The maximum Gasteiger partial charge on any atom is 0.230 e. The first-order chi connectivity index (χ1) is 14.0. The van der Waals surface area contributed by atoms with Crippen LogP contribution in [0.1, 0.15) is 24.8 Å². The van der Waals surface area contributed by atoms with Gasteiger partial charge in [0.1, 0.15) is 12.0 Å². The van der Waals surface area contributed by atoms with Gasteiger partial charge in [0.2, 0.25) is 11.8 Å². The molecule has 3 aliphatic rings. The van der Waals surface area contributed by atoms with E-state index in [2.05, 4.69) is 26.5 Å². The van der Waals surface area contributed by atoms with Crippen LogP contribution in [0.2, 0.25) is 5.02 Å². The Morgan fingerprint density at radius 2 is 2.14 bits per heavy atom. The Hall–Kier alpha value is -2.62. The molecule has 152 valence electrons. The Morgan fingerprint density at radius 1 is 1.31 bits per heavy atom. The lowest BCUT2D eigenvalue weighted by Crippen LogP contribution is -2.61. The molecule has 10 heteroatoms. The average Bonchev–Trinajstić information content (AvgIpc) is 3.35. The molecule has 2 saturated heterocycles. The van der Waals surface area contributed by atoms with Crippen LogP contribution in [0.3, 0.4) is 0 Å². The lowest BCUT2D eigenvalue weighted by Gasteiger charge is -2.37. The number of carbonyl (C=O) groups is 2. The Morgan fingerprint density at radius 3 is 2.90 bits per heavy atom. The summed E-state index contributed by atoms with van der Waals surface area (Å²) < 4.78 is 1.62. The number of nitrogens with zero attached hydrogens (tertiary/aromatic N) is 3. The topological polar surface area (TPSA) is 103 Å². The summed E-state index contributed by atoms with van der Waals surface area (Å²) in [4.78, 5) is 25.0. The summed E-state index contributed by atoms with van der Waals surface area (Å²) in [5.41, 5.74) is 4.89. The molecular weight excluding hydrogens is 394 g/mol. The number of aromatic nitrogens is 2. The highest BCUT2D eigenvalue weighted by molar-refractivity contribution is 6.30. The summed E-state index contributed by atoms with van der Waals surface area (Å²) in [5, 5.41) is 16.4. The number of amides is 2. The van der Waals surface area contributed by atoms with Gasteiger partial charge in [-0.3, -0.25) is 19.9 Å². The third-order valence-electron chi connectivity index (χ3n) is 5.47. The molecule has 1 aliphatic carbocycles. The standard InChI is InChI=1S/C19H22ClN7O2/c1-10-7-15(22-17(28)11-5-6-11)27(25-10)19-23-16-14(18(29)24-19)9-21-26(16)13-4-2-3-12(20)8-13/h2-4,7-8,11,14,16,19,21,23H,5-6,9H2,1H3,(H,22,28)(H,24,29). The molecule has 3 heterocycles. The first kappa shape index (κ1) is 18.4. The lowest BCUT2D eigenvalue weighted by atomic mass is 10.0. The SMILES string of the molecule is Cc1cc(NC(=O)C2CC2)n(C2NC(=O)C3CNN(c4cccc(Cl)c4)C3N2)n1. The number of benzene rings is 1. The number of carbonyl (C=O) groups excluding carboxylic acids is 2. The molecule has 2 amide bonds. The Kier molecular flexibility index (Phi) is 4.45. The van der Waals surface area contributed by atoms with Gasteiger partial charge in [0.05, 0.1) is 17.3 Å². The van der Waals surface area contributed by atoms with Crippen molar-refractivity contribution in [3.63, 3.8) is 0 Å². The molecule has 5 rings (SSSR count). The second-order valence-electron chi connectivity index (χ2n) is 7.72. The highest BCUT2D eigenvalue weighted by Crippen LogP contribution is 2.32. The monoisotopic (exact) mass is 415 g/mol. The van der Waals surface area contributed by atoms with E-state index in [0.29, 0.717) is 17.4 Å². The van der Waals surface area contributed by atoms with Gasteiger partial charge in [-0.1, -0.05) is 17.7 Å². The molecule has 0 radical (unpaired) electrons. The molecule has 3 fully saturated rings. The second-order valence-corrected chi connectivity index (χ2v) is 8.16. The second kappa shape index (κ2) is 7.01. The Labute approximate surface area is 172 Å². The van der Waals surface area contributed by atoms with Crippen molar-refractivity contribution in [2.45, 2.75) is 32.2 Å². The molecule has 9 nitrogen and oxygen atoms in total. The number of nitrogens with one attached hydrogen (secondary N) is 4. The van der Waals surface area contributed by atoms with Gasteiger partial charge in [0, 0.05) is 23.6 Å². The van der Waals surface area contributed by atoms with E-state index >= 15 is 0 Å². The number of halogens is 1. The maximum atomic E-state index is 12.8. The number of anilines is 2. The summed E-state index contributed by atoms with van der Waals surface area (Å²) in [5.74, 6) is 0.286. The first-order valence-electron chi connectivity index (χ1n) is 9.71. The highest BCUT2D eigenvalue weighted by Gasteiger charge is 2.45. The largest absolute Gasteiger partial charge is 0.321 e. The van der Waals surface area contributed by atoms with Crippen LogP contribution in [-0.2, 0) is 9.59 Å². The zero-order chi connectivity index (χ0) is 20.1. The fourth-order valence-corrected chi connectivity index (χ4v) is 4.03. The fraction of sp³-hybridized carbons (Fsp3) is 0.421. The quantitative estimate of drug-likeness (QED) is 0.601. The summed E-state index contributed by atoms with van der Waals surface area (Å²) in [6.45, 7) is 2.36. The molecular formula is C19H22ClN7O2. The minimum atomic E-state index is -0.589. The number of hydrazine groups is 1. The zero-order valence-electron chi connectivity index (χ0n) is 15.9. The van der Waals surface area contributed by atoms with Gasteiger partial charge in [-0.15, -0.1) is 0 Å². The lowest BCUT2D eigenvalue weighted by molar-refractivity contribution is -0.129. The van der Waals surface area contributed by atoms with Crippen LogP contribution in [0.25, 0.3) is 0 Å². The summed E-state index contributed by atoms with van der Waals surface area (Å²) >= 11 is 6.15. The number of rotatable bonds is 4. The Bertz CT molecular complexity index is 973. The van der Waals surface area contributed by atoms with E-state index in [0.717, 1.165) is 24.2 Å². The molecule has 4 N–H and O–H groups in total. The van der Waals surface area contributed by atoms with E-state index in [1.807, 2.05) is 42.3 Å². The van der Waals surface area contributed by atoms with Crippen LogP contribution in [0.5, 0.6) is 0 Å². The summed E-state index contributed by atoms with van der Waals surface area (Å²) in [6, 6.07) is 9.27. The molecule has 2 aliphatic heterocycles. The van der Waals surface area contributed by atoms with Crippen molar-refractivity contribution in [3.8, 4) is 0 Å². The zero-order valence-corrected chi connectivity index (χ0v) is 16.6. The number of hydrogen-bond donors (Lipinski definition) is 4. The minimum absolute atomic E-state index is 0.00532. The van der Waals surface area contributed by atoms with Crippen molar-refractivity contribution in [2.75, 3.05) is 16.9 Å². The third-order valence-corrected chi connectivity index (χ3v) is 5.71. The van der Waals surface area contributed by atoms with E-state index in [1.54, 1.807) is 4.68 Å². The van der Waals surface area contributed by atoms with Gasteiger partial charge < -0.3 is 10.6 Å². The van der Waals surface area contributed by atoms with Crippen molar-refractivity contribution < 1.29 is 9.59 Å². The average molecular weight is 416 g/mol.